The smallest absolute Gasteiger partial charge is 0.383 e. The number of methoxy groups -OCH3 is 1. The van der Waals surface area contributed by atoms with Gasteiger partial charge in [0.05, 0.1) is 23.5 Å². The monoisotopic (exact) mass is 603 g/mol. The predicted molar refractivity (Wildman–Crippen MR) is 143 cm³/mol. The molecule has 2 aromatic rings. The van der Waals surface area contributed by atoms with E-state index in [0.717, 1.165) is 17.5 Å². The number of carbonyl (C=O) groups excluding carboxylic acids is 1. The van der Waals surface area contributed by atoms with Gasteiger partial charge in [-0.2, -0.15) is 17.5 Å². The van der Waals surface area contributed by atoms with Crippen LogP contribution < -0.4 is 4.72 Å². The molecule has 40 heavy (non-hydrogen) atoms. The van der Waals surface area contributed by atoms with Gasteiger partial charge in [-0.15, -0.1) is 0 Å². The molecule has 0 unspecified atom stereocenters. The Hall–Kier alpha value is -2.78. The van der Waals surface area contributed by atoms with Crippen molar-refractivity contribution in [2.75, 3.05) is 33.4 Å². The summed E-state index contributed by atoms with van der Waals surface area (Å²) in [5.41, 5.74) is 0.296. The van der Waals surface area contributed by atoms with E-state index in [2.05, 4.69) is 11.3 Å². The van der Waals surface area contributed by atoms with E-state index in [0.29, 0.717) is 24.0 Å². The Morgan fingerprint density at radius 1 is 1.10 bits per heavy atom. The number of nitrogens with zero attached hydrogens (tertiary/aromatic N) is 2. The standard InChI is InChI=1S/C26H32F3N3O6S2/c1-3-39(34,35)30-18-23-5-4-14-32(23)40(36,37)24-12-8-20(9-13-24)17-25(33)31(15-16-38-2)19-21-6-10-22(11-7-21)26(27,28)29/h3,6-13,23,30H,1,4-5,14-19H2,2H3/t23-/m1/s1. The number of nitrogens with one attached hydrogen (secondary N) is 1. The molecule has 3 rings (SSSR count). The van der Waals surface area contributed by atoms with Gasteiger partial charge in [0.1, 0.15) is 0 Å². The summed E-state index contributed by atoms with van der Waals surface area (Å²) in [6.45, 7) is 3.93. The van der Waals surface area contributed by atoms with Gasteiger partial charge < -0.3 is 9.64 Å². The van der Waals surface area contributed by atoms with Crippen molar-refractivity contribution in [1.82, 2.24) is 13.9 Å². The molecule has 1 N–H and O–H groups in total. The van der Waals surface area contributed by atoms with Gasteiger partial charge in [-0.05, 0) is 48.2 Å². The molecule has 9 nitrogen and oxygen atoms in total. The van der Waals surface area contributed by atoms with Gasteiger partial charge in [-0.3, -0.25) is 4.79 Å². The lowest BCUT2D eigenvalue weighted by Crippen LogP contribution is -2.42. The maximum atomic E-state index is 13.3. The molecule has 1 aliphatic rings. The number of benzene rings is 2. The van der Waals surface area contributed by atoms with Gasteiger partial charge in [0.2, 0.25) is 26.0 Å². The van der Waals surface area contributed by atoms with Crippen molar-refractivity contribution in [3.8, 4) is 0 Å². The fourth-order valence-corrected chi connectivity index (χ4v) is 6.55. The van der Waals surface area contributed by atoms with Gasteiger partial charge in [-0.1, -0.05) is 30.8 Å². The van der Waals surface area contributed by atoms with Crippen molar-refractivity contribution in [2.24, 2.45) is 0 Å². The average Bonchev–Trinajstić information content (AvgIpc) is 3.40. The van der Waals surface area contributed by atoms with E-state index in [1.165, 1.54) is 52.7 Å². The normalized spacial score (nSPS) is 16.6. The molecule has 0 spiro atoms. The molecule has 0 radical (unpaired) electrons. The summed E-state index contributed by atoms with van der Waals surface area (Å²) in [5.74, 6) is -0.304. The minimum Gasteiger partial charge on any atom is -0.383 e. The number of rotatable bonds is 13. The van der Waals surface area contributed by atoms with E-state index in [-0.39, 0.29) is 50.0 Å². The van der Waals surface area contributed by atoms with E-state index < -0.39 is 37.8 Å². The summed E-state index contributed by atoms with van der Waals surface area (Å²) >= 11 is 0. The highest BCUT2D eigenvalue weighted by atomic mass is 32.2. The zero-order valence-corrected chi connectivity index (χ0v) is 23.6. The first-order valence-electron chi connectivity index (χ1n) is 12.4. The third kappa shape index (κ3) is 8.36. The molecule has 220 valence electrons. The number of sulfonamides is 2. The first-order chi connectivity index (χ1) is 18.8. The SMILES string of the molecule is C=CS(=O)(=O)NC[C@H]1CCCN1S(=O)(=O)c1ccc(CC(=O)N(CCOC)Cc2ccc(C(F)(F)F)cc2)cc1. The molecular weight excluding hydrogens is 571 g/mol. The average molecular weight is 604 g/mol. The van der Waals surface area contributed by atoms with E-state index >= 15 is 0 Å². The van der Waals surface area contributed by atoms with Crippen molar-refractivity contribution in [3.63, 3.8) is 0 Å². The number of amides is 1. The van der Waals surface area contributed by atoms with Crippen LogP contribution in [-0.2, 0) is 48.7 Å². The molecule has 1 fully saturated rings. The molecule has 1 saturated heterocycles. The Balaban J connectivity index is 1.69. The second kappa shape index (κ2) is 13.3. The quantitative estimate of drug-likeness (QED) is 0.377. The summed E-state index contributed by atoms with van der Waals surface area (Å²) in [4.78, 5) is 14.5. The third-order valence-corrected chi connectivity index (χ3v) is 9.49. The van der Waals surface area contributed by atoms with Crippen LogP contribution in [0.1, 0.15) is 29.5 Å². The van der Waals surface area contributed by atoms with Crippen molar-refractivity contribution in [2.45, 2.75) is 42.9 Å². The second-order valence-electron chi connectivity index (χ2n) is 9.30. The lowest BCUT2D eigenvalue weighted by molar-refractivity contribution is -0.137. The maximum Gasteiger partial charge on any atom is 0.416 e. The number of ether oxygens (including phenoxy) is 1. The fraction of sp³-hybridized carbons (Fsp3) is 0.423. The van der Waals surface area contributed by atoms with E-state index in [1.54, 1.807) is 0 Å². The second-order valence-corrected chi connectivity index (χ2v) is 12.9. The largest absolute Gasteiger partial charge is 0.416 e. The zero-order chi connectivity index (χ0) is 29.6. The molecule has 0 aliphatic carbocycles. The Bertz CT molecular complexity index is 1380. The molecule has 2 aromatic carbocycles. The van der Waals surface area contributed by atoms with Crippen LogP contribution >= 0.6 is 0 Å². The molecule has 1 atom stereocenters. The van der Waals surface area contributed by atoms with Gasteiger partial charge in [0.15, 0.2) is 0 Å². The predicted octanol–water partition coefficient (Wildman–Crippen LogP) is 3.14. The Morgan fingerprint density at radius 2 is 1.73 bits per heavy atom. The van der Waals surface area contributed by atoms with Crippen LogP contribution in [0.4, 0.5) is 13.2 Å². The summed E-state index contributed by atoms with van der Waals surface area (Å²) in [6, 6.07) is 9.90. The van der Waals surface area contributed by atoms with E-state index in [9.17, 15) is 34.8 Å². The summed E-state index contributed by atoms with van der Waals surface area (Å²) in [5, 5.41) is 0.765. The molecule has 0 aromatic heterocycles. The van der Waals surface area contributed by atoms with Crippen LogP contribution in [0.25, 0.3) is 0 Å². The lowest BCUT2D eigenvalue weighted by Gasteiger charge is -2.24. The molecule has 0 bridgehead atoms. The van der Waals surface area contributed by atoms with Crippen LogP contribution in [0.5, 0.6) is 0 Å². The first kappa shape index (κ1) is 31.7. The van der Waals surface area contributed by atoms with Crippen molar-refractivity contribution in [1.29, 1.82) is 0 Å². The number of hydrogen-bond donors (Lipinski definition) is 1. The minimum absolute atomic E-state index is 0.0168. The number of halogens is 3. The topological polar surface area (TPSA) is 113 Å². The van der Waals surface area contributed by atoms with E-state index in [4.69, 9.17) is 4.74 Å². The Labute approximate surface area is 232 Å². The summed E-state index contributed by atoms with van der Waals surface area (Å²) in [6.07, 6.45) is -3.42. The molecule has 1 heterocycles. The van der Waals surface area contributed by atoms with Crippen molar-refractivity contribution in [3.05, 3.63) is 77.2 Å². The van der Waals surface area contributed by atoms with Gasteiger partial charge in [0, 0.05) is 44.7 Å². The van der Waals surface area contributed by atoms with Gasteiger partial charge in [-0.25, -0.2) is 21.6 Å². The molecular formula is C26H32F3N3O6S2. The Kier molecular flexibility index (Phi) is 10.5. The van der Waals surface area contributed by atoms with Crippen molar-refractivity contribution >= 4 is 26.0 Å². The third-order valence-electron chi connectivity index (χ3n) is 6.52. The number of hydrogen-bond acceptors (Lipinski definition) is 6. The van der Waals surface area contributed by atoms with Crippen LogP contribution in [0.2, 0.25) is 0 Å². The highest BCUT2D eigenvalue weighted by molar-refractivity contribution is 7.92. The highest BCUT2D eigenvalue weighted by Gasteiger charge is 2.35. The zero-order valence-electron chi connectivity index (χ0n) is 21.9. The van der Waals surface area contributed by atoms with Crippen LogP contribution in [0, 0.1) is 0 Å². The van der Waals surface area contributed by atoms with Gasteiger partial charge >= 0.3 is 6.18 Å². The van der Waals surface area contributed by atoms with E-state index in [1.807, 2.05) is 0 Å². The van der Waals surface area contributed by atoms with Gasteiger partial charge in [0.25, 0.3) is 0 Å². The summed E-state index contributed by atoms with van der Waals surface area (Å²) < 4.78 is 97.2. The van der Waals surface area contributed by atoms with Crippen LogP contribution in [-0.4, -0.2) is 71.3 Å². The number of alkyl halides is 3. The molecule has 14 heteroatoms. The van der Waals surface area contributed by atoms with Crippen LogP contribution in [0.3, 0.4) is 0 Å². The first-order valence-corrected chi connectivity index (χ1v) is 15.4. The molecule has 0 saturated carbocycles. The Morgan fingerprint density at radius 3 is 2.30 bits per heavy atom. The summed E-state index contributed by atoms with van der Waals surface area (Å²) in [7, 11) is -6.13. The minimum atomic E-state index is -4.46. The lowest BCUT2D eigenvalue weighted by atomic mass is 10.1. The molecule has 1 aliphatic heterocycles. The number of carbonyl (C=O) groups is 1. The fourth-order valence-electron chi connectivity index (χ4n) is 4.31. The highest BCUT2D eigenvalue weighted by Crippen LogP contribution is 2.29. The van der Waals surface area contributed by atoms with Crippen molar-refractivity contribution < 1.29 is 39.5 Å². The van der Waals surface area contributed by atoms with Crippen LogP contribution in [0.15, 0.2) is 65.4 Å². The molecule has 1 amide bonds. The maximum absolute atomic E-state index is 13.3.